The van der Waals surface area contributed by atoms with Crippen molar-refractivity contribution in [2.45, 2.75) is 31.8 Å². The van der Waals surface area contributed by atoms with Crippen molar-refractivity contribution in [2.75, 3.05) is 5.73 Å². The lowest BCUT2D eigenvalue weighted by molar-refractivity contribution is 0.210. The van der Waals surface area contributed by atoms with E-state index in [9.17, 15) is 4.79 Å². The second-order valence-electron chi connectivity index (χ2n) is 7.43. The maximum atomic E-state index is 12.5. The summed E-state index contributed by atoms with van der Waals surface area (Å²) in [5.74, 6) is 0.865. The number of aromatic amines is 1. The number of anilines is 1. The zero-order valence-electron chi connectivity index (χ0n) is 15.8. The first-order chi connectivity index (χ1) is 14.2. The molecule has 146 valence electrons. The molecule has 1 aliphatic rings. The first-order valence-electron chi connectivity index (χ1n) is 9.78. The highest BCUT2D eigenvalue weighted by Crippen LogP contribution is 2.25. The van der Waals surface area contributed by atoms with Gasteiger partial charge in [0.05, 0.1) is 23.6 Å². The van der Waals surface area contributed by atoms with E-state index in [1.807, 2.05) is 30.3 Å². The fourth-order valence-electron chi connectivity index (χ4n) is 3.80. The molecule has 2 aromatic carbocycles. The van der Waals surface area contributed by atoms with Crippen LogP contribution < -0.4 is 16.0 Å². The van der Waals surface area contributed by atoms with E-state index in [-0.39, 0.29) is 5.56 Å². The number of benzene rings is 2. The van der Waals surface area contributed by atoms with Crippen molar-refractivity contribution >= 4 is 16.6 Å². The predicted octanol–water partition coefficient (Wildman–Crippen LogP) is 3.68. The van der Waals surface area contributed by atoms with Gasteiger partial charge in [0.25, 0.3) is 5.56 Å². The standard InChI is InChI=1S/C22H21N5O2/c23-15-5-10-20-14(11-15)12-19(22(28)24-20)21-13-27(26-25-21)16-6-8-18(9-7-16)29-17-3-1-2-4-17/h5-13,17H,1-4,23H2,(H,24,28). The number of aromatic nitrogens is 4. The molecule has 2 aromatic heterocycles. The molecule has 3 N–H and O–H groups in total. The Morgan fingerprint density at radius 2 is 1.86 bits per heavy atom. The Morgan fingerprint density at radius 3 is 2.66 bits per heavy atom. The maximum absolute atomic E-state index is 12.5. The summed E-state index contributed by atoms with van der Waals surface area (Å²) in [6.07, 6.45) is 6.80. The number of H-pyrrole nitrogens is 1. The van der Waals surface area contributed by atoms with Crippen molar-refractivity contribution in [3.8, 4) is 22.7 Å². The molecule has 7 nitrogen and oxygen atoms in total. The molecule has 0 bridgehead atoms. The number of nitrogens with zero attached hydrogens (tertiary/aromatic N) is 3. The fraction of sp³-hybridized carbons (Fsp3) is 0.227. The van der Waals surface area contributed by atoms with Gasteiger partial charge in [-0.2, -0.15) is 0 Å². The van der Waals surface area contributed by atoms with E-state index in [1.54, 1.807) is 29.1 Å². The highest BCUT2D eigenvalue weighted by atomic mass is 16.5. The Morgan fingerprint density at radius 1 is 1.07 bits per heavy atom. The Hall–Kier alpha value is -3.61. The topological polar surface area (TPSA) is 98.8 Å². The van der Waals surface area contributed by atoms with Gasteiger partial charge in [0.1, 0.15) is 11.4 Å². The summed E-state index contributed by atoms with van der Waals surface area (Å²) in [6, 6.07) is 14.9. The number of rotatable bonds is 4. The van der Waals surface area contributed by atoms with Crippen LogP contribution in [0.5, 0.6) is 5.75 Å². The van der Waals surface area contributed by atoms with Gasteiger partial charge in [0, 0.05) is 16.6 Å². The van der Waals surface area contributed by atoms with Crippen molar-refractivity contribution in [2.24, 2.45) is 0 Å². The number of hydrogen-bond donors (Lipinski definition) is 2. The minimum absolute atomic E-state index is 0.213. The van der Waals surface area contributed by atoms with Gasteiger partial charge in [-0.05, 0) is 74.2 Å². The van der Waals surface area contributed by atoms with Crippen LogP contribution in [0.25, 0.3) is 27.8 Å². The van der Waals surface area contributed by atoms with Gasteiger partial charge in [-0.1, -0.05) is 5.21 Å². The van der Waals surface area contributed by atoms with E-state index in [0.29, 0.717) is 23.0 Å². The molecule has 1 fully saturated rings. The van der Waals surface area contributed by atoms with E-state index in [1.165, 1.54) is 12.8 Å². The third kappa shape index (κ3) is 3.47. The summed E-state index contributed by atoms with van der Waals surface area (Å²) in [6.45, 7) is 0. The largest absolute Gasteiger partial charge is 0.490 e. The molecule has 5 rings (SSSR count). The lowest BCUT2D eigenvalue weighted by atomic mass is 10.1. The average molecular weight is 387 g/mol. The van der Waals surface area contributed by atoms with Crippen molar-refractivity contribution < 1.29 is 4.74 Å². The molecule has 0 spiro atoms. The van der Waals surface area contributed by atoms with Crippen molar-refractivity contribution in [3.05, 3.63) is 65.1 Å². The quantitative estimate of drug-likeness (QED) is 0.521. The molecule has 29 heavy (non-hydrogen) atoms. The van der Waals surface area contributed by atoms with Gasteiger partial charge < -0.3 is 15.5 Å². The molecule has 4 aromatic rings. The molecule has 0 radical (unpaired) electrons. The van der Waals surface area contributed by atoms with Crippen LogP contribution >= 0.6 is 0 Å². The van der Waals surface area contributed by atoms with Crippen molar-refractivity contribution in [1.29, 1.82) is 0 Å². The molecular weight excluding hydrogens is 366 g/mol. The van der Waals surface area contributed by atoms with Crippen LogP contribution in [0.3, 0.4) is 0 Å². The second kappa shape index (κ2) is 7.09. The first-order valence-corrected chi connectivity index (χ1v) is 9.78. The zero-order valence-corrected chi connectivity index (χ0v) is 15.8. The maximum Gasteiger partial charge on any atom is 0.258 e. The van der Waals surface area contributed by atoms with Crippen LogP contribution in [0.2, 0.25) is 0 Å². The molecular formula is C22H21N5O2. The molecule has 1 saturated carbocycles. The molecule has 1 aliphatic carbocycles. The third-order valence-electron chi connectivity index (χ3n) is 5.34. The zero-order chi connectivity index (χ0) is 19.8. The molecule has 0 saturated heterocycles. The lowest BCUT2D eigenvalue weighted by Gasteiger charge is -2.13. The number of nitrogens with two attached hydrogens (primary N) is 1. The van der Waals surface area contributed by atoms with Crippen LogP contribution in [0.4, 0.5) is 5.69 Å². The van der Waals surface area contributed by atoms with Crippen LogP contribution in [-0.2, 0) is 0 Å². The smallest absolute Gasteiger partial charge is 0.258 e. The summed E-state index contributed by atoms with van der Waals surface area (Å²) in [7, 11) is 0. The number of hydrogen-bond acceptors (Lipinski definition) is 5. The van der Waals surface area contributed by atoms with E-state index < -0.39 is 0 Å². The Labute approximate surface area is 167 Å². The van der Waals surface area contributed by atoms with Crippen LogP contribution in [0.1, 0.15) is 25.7 Å². The van der Waals surface area contributed by atoms with Crippen LogP contribution in [0, 0.1) is 0 Å². The lowest BCUT2D eigenvalue weighted by Crippen LogP contribution is -2.10. The highest BCUT2D eigenvalue weighted by Gasteiger charge is 2.16. The summed E-state index contributed by atoms with van der Waals surface area (Å²) < 4.78 is 7.66. The molecule has 0 unspecified atom stereocenters. The number of nitrogens with one attached hydrogen (secondary N) is 1. The van der Waals surface area contributed by atoms with Gasteiger partial charge in [-0.3, -0.25) is 4.79 Å². The van der Waals surface area contributed by atoms with Crippen molar-refractivity contribution in [3.63, 3.8) is 0 Å². The SMILES string of the molecule is Nc1ccc2[nH]c(=O)c(-c3cn(-c4ccc(OC5CCCC5)cc4)nn3)cc2c1. The summed E-state index contributed by atoms with van der Waals surface area (Å²) >= 11 is 0. The summed E-state index contributed by atoms with van der Waals surface area (Å²) in [5, 5.41) is 9.22. The van der Waals surface area contributed by atoms with Crippen LogP contribution in [0.15, 0.2) is 59.5 Å². The fourth-order valence-corrected chi connectivity index (χ4v) is 3.80. The monoisotopic (exact) mass is 387 g/mol. The van der Waals surface area contributed by atoms with Gasteiger partial charge in [-0.25, -0.2) is 4.68 Å². The molecule has 7 heteroatoms. The summed E-state index contributed by atoms with van der Waals surface area (Å²) in [5.41, 5.74) is 8.83. The van der Waals surface area contributed by atoms with E-state index in [0.717, 1.165) is 35.2 Å². The number of ether oxygens (including phenoxy) is 1. The molecule has 0 aliphatic heterocycles. The van der Waals surface area contributed by atoms with E-state index >= 15 is 0 Å². The molecule has 0 atom stereocenters. The van der Waals surface area contributed by atoms with Gasteiger partial charge in [0.15, 0.2) is 0 Å². The van der Waals surface area contributed by atoms with E-state index in [4.69, 9.17) is 10.5 Å². The van der Waals surface area contributed by atoms with Gasteiger partial charge in [0.2, 0.25) is 0 Å². The predicted molar refractivity (Wildman–Crippen MR) is 112 cm³/mol. The molecule has 2 heterocycles. The second-order valence-corrected chi connectivity index (χ2v) is 7.43. The molecule has 0 amide bonds. The number of fused-ring (bicyclic) bond motifs is 1. The van der Waals surface area contributed by atoms with Gasteiger partial charge in [-0.15, -0.1) is 5.10 Å². The highest BCUT2D eigenvalue weighted by molar-refractivity contribution is 5.85. The first kappa shape index (κ1) is 17.5. The minimum Gasteiger partial charge on any atom is -0.490 e. The normalized spacial score (nSPS) is 14.5. The Balaban J connectivity index is 1.42. The van der Waals surface area contributed by atoms with Gasteiger partial charge >= 0.3 is 0 Å². The number of nitrogen functional groups attached to an aromatic ring is 1. The summed E-state index contributed by atoms with van der Waals surface area (Å²) in [4.78, 5) is 15.4. The minimum atomic E-state index is -0.213. The third-order valence-corrected chi connectivity index (χ3v) is 5.34. The average Bonchev–Trinajstić information content (AvgIpc) is 3.41. The Bertz CT molecular complexity index is 1220. The Kier molecular flexibility index (Phi) is 4.27. The van der Waals surface area contributed by atoms with E-state index in [2.05, 4.69) is 15.3 Å². The van der Waals surface area contributed by atoms with Crippen LogP contribution in [-0.4, -0.2) is 26.1 Å². The van der Waals surface area contributed by atoms with Crippen molar-refractivity contribution in [1.82, 2.24) is 20.0 Å². The number of pyridine rings is 1.